The van der Waals surface area contributed by atoms with Gasteiger partial charge in [-0.15, -0.1) is 0 Å². The van der Waals surface area contributed by atoms with Crippen LogP contribution < -0.4 is 14.4 Å². The topological polar surface area (TPSA) is 83.5 Å². The SMILES string of the molecule is COC(=O)C1=C(C(=O)OC)N(c2cc(OC)c(OC)cc2Br)COC1. The summed E-state index contributed by atoms with van der Waals surface area (Å²) in [5.74, 6) is -0.380. The first kappa shape index (κ1) is 19.1. The lowest BCUT2D eigenvalue weighted by molar-refractivity contribution is -0.140. The number of carbonyl (C=O) groups excluding carboxylic acids is 2. The van der Waals surface area contributed by atoms with Gasteiger partial charge in [-0.2, -0.15) is 0 Å². The lowest BCUT2D eigenvalue weighted by Crippen LogP contribution is -2.39. The number of halogens is 1. The molecule has 0 aromatic heterocycles. The van der Waals surface area contributed by atoms with E-state index in [1.54, 1.807) is 12.1 Å². The van der Waals surface area contributed by atoms with Crippen LogP contribution in [0.3, 0.4) is 0 Å². The average Bonchev–Trinajstić information content (AvgIpc) is 2.65. The summed E-state index contributed by atoms with van der Waals surface area (Å²) in [6.07, 6.45) is 0. The lowest BCUT2D eigenvalue weighted by Gasteiger charge is -2.32. The Morgan fingerprint density at radius 1 is 1.04 bits per heavy atom. The molecule has 1 aromatic carbocycles. The van der Waals surface area contributed by atoms with Crippen LogP contribution in [0, 0.1) is 0 Å². The van der Waals surface area contributed by atoms with E-state index < -0.39 is 11.9 Å². The molecule has 0 saturated heterocycles. The van der Waals surface area contributed by atoms with E-state index in [0.29, 0.717) is 21.7 Å². The molecule has 0 saturated carbocycles. The van der Waals surface area contributed by atoms with Crippen molar-refractivity contribution in [2.24, 2.45) is 0 Å². The zero-order valence-electron chi connectivity index (χ0n) is 14.3. The molecule has 0 radical (unpaired) electrons. The highest BCUT2D eigenvalue weighted by Crippen LogP contribution is 2.40. The molecule has 1 aliphatic heterocycles. The van der Waals surface area contributed by atoms with Gasteiger partial charge in [-0.3, -0.25) is 0 Å². The fourth-order valence-corrected chi connectivity index (χ4v) is 2.92. The molecule has 0 bridgehead atoms. The number of hydrogen-bond donors (Lipinski definition) is 0. The van der Waals surface area contributed by atoms with Crippen LogP contribution in [0.2, 0.25) is 0 Å². The van der Waals surface area contributed by atoms with Crippen LogP contribution in [0.1, 0.15) is 0 Å². The molecule has 1 heterocycles. The summed E-state index contributed by atoms with van der Waals surface area (Å²) in [7, 11) is 5.49. The molecule has 0 spiro atoms. The van der Waals surface area contributed by atoms with Crippen molar-refractivity contribution in [1.29, 1.82) is 0 Å². The number of carbonyl (C=O) groups is 2. The van der Waals surface area contributed by atoms with Crippen molar-refractivity contribution in [2.45, 2.75) is 0 Å². The van der Waals surface area contributed by atoms with Crippen LogP contribution in [0.25, 0.3) is 0 Å². The molecule has 0 unspecified atom stereocenters. The van der Waals surface area contributed by atoms with Crippen LogP contribution >= 0.6 is 15.9 Å². The van der Waals surface area contributed by atoms with E-state index in [9.17, 15) is 9.59 Å². The third kappa shape index (κ3) is 3.72. The van der Waals surface area contributed by atoms with E-state index >= 15 is 0 Å². The highest BCUT2D eigenvalue weighted by Gasteiger charge is 2.33. The molecule has 8 nitrogen and oxygen atoms in total. The van der Waals surface area contributed by atoms with Crippen LogP contribution in [-0.2, 0) is 23.8 Å². The zero-order chi connectivity index (χ0) is 18.6. The zero-order valence-corrected chi connectivity index (χ0v) is 15.8. The van der Waals surface area contributed by atoms with Crippen LogP contribution in [0.15, 0.2) is 27.9 Å². The Morgan fingerprint density at radius 2 is 1.64 bits per heavy atom. The summed E-state index contributed by atoms with van der Waals surface area (Å²) in [4.78, 5) is 25.9. The Hall–Kier alpha value is -2.26. The summed E-state index contributed by atoms with van der Waals surface area (Å²) in [5.41, 5.74) is 0.662. The molecule has 25 heavy (non-hydrogen) atoms. The maximum Gasteiger partial charge on any atom is 0.355 e. The number of methoxy groups -OCH3 is 4. The Balaban J connectivity index is 2.63. The second-order valence-corrected chi connectivity index (χ2v) is 5.73. The standard InChI is InChI=1S/C16H18BrNO7/c1-21-12-5-10(17)11(6-13(12)22-2)18-8-25-7-9(15(19)23-3)14(18)16(20)24-4/h5-6H,7-8H2,1-4H3. The van der Waals surface area contributed by atoms with Gasteiger partial charge in [-0.1, -0.05) is 0 Å². The van der Waals surface area contributed by atoms with Gasteiger partial charge < -0.3 is 28.6 Å². The fraction of sp³-hybridized carbons (Fsp3) is 0.375. The number of benzene rings is 1. The first-order valence-corrected chi connectivity index (χ1v) is 7.94. The van der Waals surface area contributed by atoms with E-state index in [1.807, 2.05) is 0 Å². The lowest BCUT2D eigenvalue weighted by atomic mass is 10.1. The highest BCUT2D eigenvalue weighted by molar-refractivity contribution is 9.10. The van der Waals surface area contributed by atoms with Gasteiger partial charge >= 0.3 is 11.9 Å². The Kier molecular flexibility index (Phi) is 6.27. The van der Waals surface area contributed by atoms with Crippen molar-refractivity contribution in [3.63, 3.8) is 0 Å². The van der Waals surface area contributed by atoms with Gasteiger partial charge in [0.15, 0.2) is 11.5 Å². The van der Waals surface area contributed by atoms with Gasteiger partial charge in [-0.25, -0.2) is 9.59 Å². The minimum absolute atomic E-state index is 0.0407. The second-order valence-electron chi connectivity index (χ2n) is 4.87. The Labute approximate surface area is 153 Å². The van der Waals surface area contributed by atoms with Gasteiger partial charge in [0.05, 0.1) is 46.3 Å². The third-order valence-electron chi connectivity index (χ3n) is 3.58. The summed E-state index contributed by atoms with van der Waals surface area (Å²) in [6, 6.07) is 3.35. The van der Waals surface area contributed by atoms with Crippen molar-refractivity contribution >= 4 is 33.6 Å². The summed E-state index contributed by atoms with van der Waals surface area (Å²) in [5, 5.41) is 0. The van der Waals surface area contributed by atoms with Crippen molar-refractivity contribution in [3.05, 3.63) is 27.9 Å². The largest absolute Gasteiger partial charge is 0.493 e. The van der Waals surface area contributed by atoms with E-state index in [0.717, 1.165) is 0 Å². The summed E-state index contributed by atoms with van der Waals surface area (Å²) < 4.78 is 26.2. The number of ether oxygens (including phenoxy) is 5. The Morgan fingerprint density at radius 3 is 2.20 bits per heavy atom. The van der Waals surface area contributed by atoms with Crippen molar-refractivity contribution in [2.75, 3.05) is 46.7 Å². The van der Waals surface area contributed by atoms with E-state index in [2.05, 4.69) is 15.9 Å². The van der Waals surface area contributed by atoms with Gasteiger partial charge in [0.2, 0.25) is 0 Å². The average molecular weight is 416 g/mol. The Bertz CT molecular complexity index is 717. The molecular weight excluding hydrogens is 398 g/mol. The smallest absolute Gasteiger partial charge is 0.355 e. The summed E-state index contributed by atoms with van der Waals surface area (Å²) >= 11 is 3.44. The van der Waals surface area contributed by atoms with E-state index in [4.69, 9.17) is 23.7 Å². The molecule has 9 heteroatoms. The fourth-order valence-electron chi connectivity index (χ4n) is 2.38. The number of nitrogens with zero attached hydrogens (tertiary/aromatic N) is 1. The molecule has 0 fully saturated rings. The maximum atomic E-state index is 12.3. The molecule has 0 amide bonds. The first-order valence-electron chi connectivity index (χ1n) is 7.15. The quantitative estimate of drug-likeness (QED) is 0.673. The minimum atomic E-state index is -0.676. The number of anilines is 1. The van der Waals surface area contributed by atoms with E-state index in [-0.39, 0.29) is 24.6 Å². The van der Waals surface area contributed by atoms with Crippen molar-refractivity contribution < 1.29 is 33.3 Å². The summed E-state index contributed by atoms with van der Waals surface area (Å²) in [6.45, 7) is -0.0163. The van der Waals surface area contributed by atoms with Gasteiger partial charge in [0, 0.05) is 16.6 Å². The van der Waals surface area contributed by atoms with Gasteiger partial charge in [0.25, 0.3) is 0 Å². The molecule has 0 N–H and O–H groups in total. The molecule has 1 aliphatic rings. The minimum Gasteiger partial charge on any atom is -0.493 e. The molecule has 2 rings (SSSR count). The predicted molar refractivity (Wildman–Crippen MR) is 91.6 cm³/mol. The number of hydrogen-bond acceptors (Lipinski definition) is 8. The molecule has 1 aromatic rings. The van der Waals surface area contributed by atoms with Crippen LogP contribution in [0.5, 0.6) is 11.5 Å². The van der Waals surface area contributed by atoms with Gasteiger partial charge in [-0.05, 0) is 15.9 Å². The van der Waals surface area contributed by atoms with E-state index in [1.165, 1.54) is 33.3 Å². The number of esters is 2. The van der Waals surface area contributed by atoms with Gasteiger partial charge in [0.1, 0.15) is 12.4 Å². The molecule has 136 valence electrons. The maximum absolute atomic E-state index is 12.3. The van der Waals surface area contributed by atoms with Crippen molar-refractivity contribution in [3.8, 4) is 11.5 Å². The highest BCUT2D eigenvalue weighted by atomic mass is 79.9. The van der Waals surface area contributed by atoms with Crippen LogP contribution in [-0.4, -0.2) is 53.7 Å². The monoisotopic (exact) mass is 415 g/mol. The van der Waals surface area contributed by atoms with Crippen molar-refractivity contribution in [1.82, 2.24) is 0 Å². The third-order valence-corrected chi connectivity index (χ3v) is 4.21. The predicted octanol–water partition coefficient (Wildman–Crippen LogP) is 1.86. The molecular formula is C16H18BrNO7. The molecule has 0 atom stereocenters. The first-order chi connectivity index (χ1) is 12.0. The normalized spacial score (nSPS) is 14.2. The molecule has 0 aliphatic carbocycles. The second kappa shape index (κ2) is 8.21. The number of rotatable bonds is 5. The van der Waals surface area contributed by atoms with Crippen LogP contribution in [0.4, 0.5) is 5.69 Å².